The van der Waals surface area contributed by atoms with Crippen molar-refractivity contribution in [3.05, 3.63) is 30.1 Å². The third kappa shape index (κ3) is 4.62. The van der Waals surface area contributed by atoms with Crippen LogP contribution in [0.3, 0.4) is 0 Å². The van der Waals surface area contributed by atoms with Gasteiger partial charge in [0, 0.05) is 32.5 Å². The summed E-state index contributed by atoms with van der Waals surface area (Å²) in [5.74, 6) is 0.695. The second-order valence-electron chi connectivity index (χ2n) is 8.90. The lowest BCUT2D eigenvalue weighted by molar-refractivity contribution is -0.134. The molecule has 2 N–H and O–H groups in total. The predicted molar refractivity (Wildman–Crippen MR) is 124 cm³/mol. The van der Waals surface area contributed by atoms with E-state index in [2.05, 4.69) is 48.1 Å². The Morgan fingerprint density at radius 1 is 1.27 bits per heavy atom. The molecule has 2 aliphatic heterocycles. The maximum Gasteiger partial charge on any atom is 0.241 e. The van der Waals surface area contributed by atoms with Gasteiger partial charge in [-0.15, -0.1) is 0 Å². The van der Waals surface area contributed by atoms with E-state index in [1.165, 1.54) is 6.07 Å². The number of anilines is 1. The second-order valence-corrected chi connectivity index (χ2v) is 9.29. The molecule has 1 aromatic carbocycles. The summed E-state index contributed by atoms with van der Waals surface area (Å²) in [5, 5.41) is 7.30. The first-order valence-corrected chi connectivity index (χ1v) is 11.6. The highest BCUT2D eigenvalue weighted by atomic mass is 32.1. The molecular weight excluding hydrogens is 399 g/mol. The van der Waals surface area contributed by atoms with Crippen LogP contribution in [0.1, 0.15) is 53.4 Å². The van der Waals surface area contributed by atoms with Crippen LogP contribution in [0.2, 0.25) is 0 Å². The van der Waals surface area contributed by atoms with Crippen molar-refractivity contribution in [2.45, 2.75) is 65.1 Å². The van der Waals surface area contributed by atoms with Crippen molar-refractivity contribution in [3.63, 3.8) is 0 Å². The molecule has 0 radical (unpaired) electrons. The van der Waals surface area contributed by atoms with Crippen molar-refractivity contribution < 1.29 is 9.18 Å². The van der Waals surface area contributed by atoms with Gasteiger partial charge in [-0.05, 0) is 36.2 Å². The molecule has 30 heavy (non-hydrogen) atoms. The molecule has 2 fully saturated rings. The summed E-state index contributed by atoms with van der Waals surface area (Å²) >= 11 is 5.55. The summed E-state index contributed by atoms with van der Waals surface area (Å²) in [6, 6.07) is 6.45. The van der Waals surface area contributed by atoms with E-state index >= 15 is 0 Å². The number of likely N-dealkylation sites (tertiary alicyclic amines) is 1. The number of piperidine rings is 1. The van der Waals surface area contributed by atoms with E-state index in [1.807, 2.05) is 0 Å². The zero-order valence-electron chi connectivity index (χ0n) is 18.6. The molecule has 1 amide bonds. The lowest BCUT2D eigenvalue weighted by Crippen LogP contribution is -2.60. The van der Waals surface area contributed by atoms with Gasteiger partial charge in [0.25, 0.3) is 0 Å². The lowest BCUT2D eigenvalue weighted by atomic mass is 9.94. The van der Waals surface area contributed by atoms with Crippen LogP contribution in [-0.4, -0.2) is 52.2 Å². The number of amides is 1. The quantitative estimate of drug-likeness (QED) is 0.657. The fourth-order valence-corrected chi connectivity index (χ4v) is 4.68. The Balaban J connectivity index is 1.70. The van der Waals surface area contributed by atoms with Crippen molar-refractivity contribution >= 4 is 28.9 Å². The van der Waals surface area contributed by atoms with Gasteiger partial charge in [0.05, 0.1) is 17.4 Å². The molecule has 0 bridgehead atoms. The number of hydrogen-bond donors (Lipinski definition) is 2. The van der Waals surface area contributed by atoms with Crippen molar-refractivity contribution in [1.29, 1.82) is 0 Å². The molecule has 2 heterocycles. The smallest absolute Gasteiger partial charge is 0.241 e. The van der Waals surface area contributed by atoms with E-state index in [0.717, 1.165) is 45.3 Å². The van der Waals surface area contributed by atoms with Gasteiger partial charge in [-0.2, -0.15) is 0 Å². The van der Waals surface area contributed by atoms with Crippen molar-refractivity contribution in [2.75, 3.05) is 25.0 Å². The molecule has 0 saturated carbocycles. The molecule has 1 aromatic rings. The van der Waals surface area contributed by atoms with E-state index < -0.39 is 0 Å². The number of nitrogens with zero attached hydrogens (tertiary/aromatic N) is 2. The average molecular weight is 435 g/mol. The van der Waals surface area contributed by atoms with Crippen LogP contribution in [0.25, 0.3) is 0 Å². The van der Waals surface area contributed by atoms with Gasteiger partial charge < -0.3 is 15.1 Å². The third-order valence-corrected chi connectivity index (χ3v) is 7.23. The Labute approximate surface area is 185 Å². The van der Waals surface area contributed by atoms with Crippen LogP contribution in [0.5, 0.6) is 0 Å². The Kier molecular flexibility index (Phi) is 7.34. The van der Waals surface area contributed by atoms with Gasteiger partial charge in [0.1, 0.15) is 5.82 Å². The summed E-state index contributed by atoms with van der Waals surface area (Å²) in [6.07, 6.45) is 3.64. The summed E-state index contributed by atoms with van der Waals surface area (Å²) in [4.78, 5) is 17.5. The highest BCUT2D eigenvalue weighted by Gasteiger charge is 2.52. The molecule has 3 atom stereocenters. The van der Waals surface area contributed by atoms with E-state index in [1.54, 1.807) is 18.2 Å². The minimum absolute atomic E-state index is 0.117. The van der Waals surface area contributed by atoms with Crippen LogP contribution in [0.4, 0.5) is 10.1 Å². The molecule has 0 aliphatic carbocycles. The van der Waals surface area contributed by atoms with Gasteiger partial charge in [0.15, 0.2) is 5.11 Å². The van der Waals surface area contributed by atoms with Gasteiger partial charge >= 0.3 is 0 Å². The summed E-state index contributed by atoms with van der Waals surface area (Å²) < 4.78 is 14.0. The molecule has 5 nitrogen and oxygen atoms in total. The van der Waals surface area contributed by atoms with Gasteiger partial charge in [-0.3, -0.25) is 10.1 Å². The minimum atomic E-state index is -0.312. The Bertz CT molecular complexity index is 765. The van der Waals surface area contributed by atoms with Crippen molar-refractivity contribution in [2.24, 2.45) is 11.8 Å². The zero-order chi connectivity index (χ0) is 21.9. The highest BCUT2D eigenvalue weighted by molar-refractivity contribution is 7.80. The van der Waals surface area contributed by atoms with Crippen LogP contribution in [0.15, 0.2) is 24.3 Å². The van der Waals surface area contributed by atoms with E-state index in [9.17, 15) is 9.18 Å². The summed E-state index contributed by atoms with van der Waals surface area (Å²) in [5.41, 5.74) is 0.0887. The van der Waals surface area contributed by atoms with Gasteiger partial charge in [0.2, 0.25) is 5.91 Å². The van der Waals surface area contributed by atoms with Crippen LogP contribution >= 0.6 is 12.2 Å². The highest BCUT2D eigenvalue weighted by Crippen LogP contribution is 2.36. The molecule has 2 saturated heterocycles. The SMILES string of the molecule is CC[C@H](C)CN1C(=O)[C@H]([C@H](C)CC)NC12CCN(C(=S)Nc1ccccc1F)CC2. The Hall–Kier alpha value is -1.73. The number of nitrogens with one attached hydrogen (secondary N) is 2. The Morgan fingerprint density at radius 3 is 2.53 bits per heavy atom. The minimum Gasteiger partial charge on any atom is -0.349 e. The number of halogens is 1. The average Bonchev–Trinajstić information content (AvgIpc) is 3.01. The van der Waals surface area contributed by atoms with Crippen LogP contribution < -0.4 is 10.6 Å². The van der Waals surface area contributed by atoms with Crippen molar-refractivity contribution in [1.82, 2.24) is 15.1 Å². The van der Waals surface area contributed by atoms with Gasteiger partial charge in [-0.1, -0.05) is 52.7 Å². The molecule has 0 unspecified atom stereocenters. The molecule has 2 aliphatic rings. The molecule has 7 heteroatoms. The fourth-order valence-electron chi connectivity index (χ4n) is 4.39. The normalized spacial score (nSPS) is 23.0. The summed E-state index contributed by atoms with van der Waals surface area (Å²) in [6.45, 7) is 10.9. The molecule has 166 valence electrons. The number of benzene rings is 1. The topological polar surface area (TPSA) is 47.6 Å². The van der Waals surface area contributed by atoms with Crippen molar-refractivity contribution in [3.8, 4) is 0 Å². The first-order valence-electron chi connectivity index (χ1n) is 11.2. The molecular formula is C23H35FN4OS. The molecule has 1 spiro atoms. The predicted octanol–water partition coefficient (Wildman–Crippen LogP) is 4.21. The lowest BCUT2D eigenvalue weighted by Gasteiger charge is -2.46. The van der Waals surface area contributed by atoms with E-state index in [4.69, 9.17) is 12.2 Å². The van der Waals surface area contributed by atoms with Crippen LogP contribution in [-0.2, 0) is 4.79 Å². The molecule has 3 rings (SSSR count). The monoisotopic (exact) mass is 434 g/mol. The van der Waals surface area contributed by atoms with E-state index in [0.29, 0.717) is 22.6 Å². The second kappa shape index (κ2) is 9.60. The number of hydrogen-bond acceptors (Lipinski definition) is 3. The number of rotatable bonds is 6. The number of thiocarbonyl (C=S) groups is 1. The summed E-state index contributed by atoms with van der Waals surface area (Å²) in [7, 11) is 0. The maximum atomic E-state index is 14.0. The Morgan fingerprint density at radius 2 is 1.93 bits per heavy atom. The largest absolute Gasteiger partial charge is 0.349 e. The van der Waals surface area contributed by atoms with Gasteiger partial charge in [-0.25, -0.2) is 4.39 Å². The number of carbonyl (C=O) groups excluding carboxylic acids is 1. The first kappa shape index (κ1) is 22.9. The number of carbonyl (C=O) groups is 1. The van der Waals surface area contributed by atoms with E-state index in [-0.39, 0.29) is 23.4 Å². The molecule has 0 aromatic heterocycles. The number of para-hydroxylation sites is 1. The first-order chi connectivity index (χ1) is 14.3. The van der Waals surface area contributed by atoms with Crippen LogP contribution in [0, 0.1) is 17.7 Å². The fraction of sp³-hybridized carbons (Fsp3) is 0.652. The third-order valence-electron chi connectivity index (χ3n) is 6.87. The standard InChI is InChI=1S/C23H35FN4OS/c1-5-16(3)15-28-21(29)20(17(4)6-2)26-23(28)11-13-27(14-12-23)22(30)25-19-10-8-7-9-18(19)24/h7-10,16-17,20,26H,5-6,11-15H2,1-4H3,(H,25,30)/t16-,17+,20-/m0/s1. The zero-order valence-corrected chi connectivity index (χ0v) is 19.4. The maximum absolute atomic E-state index is 14.0.